The molecule has 0 atom stereocenters. The standard InChI is InChI=1S/C9H9BrN4OS2/c1-14-6(12-13-9(14)16)4-11-8(15)7-5(10)2-3-17-7/h2-3H,4H2,1H3,(H,11,15)(H,13,16). The monoisotopic (exact) mass is 332 g/mol. The summed E-state index contributed by atoms with van der Waals surface area (Å²) in [7, 11) is 1.80. The third-order valence-electron chi connectivity index (χ3n) is 2.20. The SMILES string of the molecule is Cn1c(CNC(=O)c2sccc2Br)n[nH]c1=S. The zero-order valence-corrected chi connectivity index (χ0v) is 12.1. The first kappa shape index (κ1) is 12.5. The molecule has 0 bridgehead atoms. The maximum Gasteiger partial charge on any atom is 0.262 e. The van der Waals surface area contributed by atoms with E-state index in [0.717, 1.165) is 4.47 Å². The molecule has 0 aliphatic heterocycles. The number of nitrogens with one attached hydrogen (secondary N) is 2. The number of halogens is 1. The molecular formula is C9H9BrN4OS2. The van der Waals surface area contributed by atoms with Crippen LogP contribution in [0.1, 0.15) is 15.5 Å². The van der Waals surface area contributed by atoms with E-state index in [4.69, 9.17) is 12.2 Å². The van der Waals surface area contributed by atoms with E-state index in [1.807, 2.05) is 11.4 Å². The van der Waals surface area contributed by atoms with Crippen molar-refractivity contribution in [2.45, 2.75) is 6.54 Å². The summed E-state index contributed by atoms with van der Waals surface area (Å²) >= 11 is 9.69. The summed E-state index contributed by atoms with van der Waals surface area (Å²) in [5.74, 6) is 0.567. The van der Waals surface area contributed by atoms with Gasteiger partial charge in [0.1, 0.15) is 4.88 Å². The highest BCUT2D eigenvalue weighted by atomic mass is 79.9. The molecular weight excluding hydrogens is 324 g/mol. The maximum absolute atomic E-state index is 11.8. The van der Waals surface area contributed by atoms with Gasteiger partial charge in [0.2, 0.25) is 0 Å². The number of carbonyl (C=O) groups excluding carboxylic acids is 1. The molecule has 0 aromatic carbocycles. The Morgan fingerprint density at radius 3 is 3.06 bits per heavy atom. The van der Waals surface area contributed by atoms with Crippen LogP contribution in [0.4, 0.5) is 0 Å². The number of nitrogens with zero attached hydrogens (tertiary/aromatic N) is 2. The molecule has 0 aliphatic rings. The largest absolute Gasteiger partial charge is 0.344 e. The van der Waals surface area contributed by atoms with Gasteiger partial charge in [-0.3, -0.25) is 9.89 Å². The van der Waals surface area contributed by atoms with Gasteiger partial charge in [0.05, 0.1) is 6.54 Å². The van der Waals surface area contributed by atoms with Crippen LogP contribution in [-0.2, 0) is 13.6 Å². The first-order valence-corrected chi connectivity index (χ1v) is 6.79. The molecule has 1 amide bonds. The predicted molar refractivity (Wildman–Crippen MR) is 71.6 cm³/mol. The van der Waals surface area contributed by atoms with Crippen LogP contribution in [0.5, 0.6) is 0 Å². The first-order chi connectivity index (χ1) is 8.09. The van der Waals surface area contributed by atoms with Gasteiger partial charge in [0.15, 0.2) is 10.6 Å². The van der Waals surface area contributed by atoms with Crippen molar-refractivity contribution >= 4 is 45.4 Å². The summed E-state index contributed by atoms with van der Waals surface area (Å²) in [4.78, 5) is 12.5. The number of hydrogen-bond acceptors (Lipinski definition) is 4. The fourth-order valence-corrected chi connectivity index (χ4v) is 2.85. The molecule has 2 rings (SSSR count). The van der Waals surface area contributed by atoms with Gasteiger partial charge in [0.25, 0.3) is 5.91 Å². The number of aromatic amines is 1. The van der Waals surface area contributed by atoms with Gasteiger partial charge in [-0.2, -0.15) is 5.10 Å². The Bertz CT molecular complexity index is 600. The zero-order chi connectivity index (χ0) is 12.4. The van der Waals surface area contributed by atoms with E-state index in [1.165, 1.54) is 11.3 Å². The van der Waals surface area contributed by atoms with Crippen molar-refractivity contribution in [3.05, 3.63) is 31.4 Å². The molecule has 8 heteroatoms. The van der Waals surface area contributed by atoms with Crippen molar-refractivity contribution in [2.24, 2.45) is 7.05 Å². The van der Waals surface area contributed by atoms with E-state index in [9.17, 15) is 4.79 Å². The highest BCUT2D eigenvalue weighted by Gasteiger charge is 2.12. The molecule has 0 radical (unpaired) electrons. The zero-order valence-electron chi connectivity index (χ0n) is 8.86. The molecule has 0 unspecified atom stereocenters. The highest BCUT2D eigenvalue weighted by Crippen LogP contribution is 2.22. The molecule has 5 nitrogen and oxygen atoms in total. The summed E-state index contributed by atoms with van der Waals surface area (Å²) in [5, 5.41) is 11.3. The minimum Gasteiger partial charge on any atom is -0.344 e. The summed E-state index contributed by atoms with van der Waals surface area (Å²) in [5.41, 5.74) is 0. The molecule has 0 fully saturated rings. The van der Waals surface area contributed by atoms with Crippen molar-refractivity contribution in [3.63, 3.8) is 0 Å². The van der Waals surface area contributed by atoms with Crippen molar-refractivity contribution in [2.75, 3.05) is 0 Å². The Balaban J connectivity index is 2.04. The van der Waals surface area contributed by atoms with Crippen molar-refractivity contribution in [3.8, 4) is 0 Å². The van der Waals surface area contributed by atoms with Crippen LogP contribution < -0.4 is 5.32 Å². The average molecular weight is 333 g/mol. The van der Waals surface area contributed by atoms with Crippen molar-refractivity contribution in [1.82, 2.24) is 20.1 Å². The molecule has 17 heavy (non-hydrogen) atoms. The fourth-order valence-electron chi connectivity index (χ4n) is 1.23. The highest BCUT2D eigenvalue weighted by molar-refractivity contribution is 9.10. The van der Waals surface area contributed by atoms with Crippen molar-refractivity contribution in [1.29, 1.82) is 0 Å². The Hall–Kier alpha value is -0.990. The lowest BCUT2D eigenvalue weighted by Gasteiger charge is -2.03. The Morgan fingerprint density at radius 1 is 1.76 bits per heavy atom. The van der Waals surface area contributed by atoms with Crippen LogP contribution in [0.3, 0.4) is 0 Å². The molecule has 2 heterocycles. The van der Waals surface area contributed by atoms with Gasteiger partial charge in [-0.1, -0.05) is 0 Å². The molecule has 90 valence electrons. The van der Waals surface area contributed by atoms with E-state index in [0.29, 0.717) is 22.0 Å². The van der Waals surface area contributed by atoms with E-state index < -0.39 is 0 Å². The van der Waals surface area contributed by atoms with Crippen LogP contribution in [0.15, 0.2) is 15.9 Å². The number of rotatable bonds is 3. The van der Waals surface area contributed by atoms with E-state index in [1.54, 1.807) is 11.6 Å². The van der Waals surface area contributed by atoms with Gasteiger partial charge in [0, 0.05) is 11.5 Å². The summed E-state index contributed by atoms with van der Waals surface area (Å²) < 4.78 is 3.06. The number of aromatic nitrogens is 3. The molecule has 2 N–H and O–H groups in total. The van der Waals surface area contributed by atoms with E-state index in [-0.39, 0.29) is 5.91 Å². The molecule has 0 spiro atoms. The number of thiophene rings is 1. The Labute approximate surface area is 115 Å². The second-order valence-corrected chi connectivity index (χ2v) is 5.44. The predicted octanol–water partition coefficient (Wildman–Crippen LogP) is 2.23. The lowest BCUT2D eigenvalue weighted by molar-refractivity contribution is 0.0953. The Kier molecular flexibility index (Phi) is 3.75. The van der Waals surface area contributed by atoms with Crippen molar-refractivity contribution < 1.29 is 4.79 Å². The molecule has 2 aromatic rings. The minimum atomic E-state index is -0.124. The topological polar surface area (TPSA) is 62.7 Å². The molecule has 0 saturated carbocycles. The summed E-state index contributed by atoms with van der Waals surface area (Å²) in [6, 6.07) is 1.84. The van der Waals surface area contributed by atoms with Gasteiger partial charge < -0.3 is 9.88 Å². The van der Waals surface area contributed by atoms with Gasteiger partial charge >= 0.3 is 0 Å². The minimum absolute atomic E-state index is 0.124. The summed E-state index contributed by atoms with van der Waals surface area (Å²) in [6.45, 7) is 0.340. The summed E-state index contributed by atoms with van der Waals surface area (Å²) in [6.07, 6.45) is 0. The third kappa shape index (κ3) is 2.64. The number of hydrogen-bond donors (Lipinski definition) is 2. The molecule has 0 aliphatic carbocycles. The van der Waals surface area contributed by atoms with E-state index >= 15 is 0 Å². The Morgan fingerprint density at radius 2 is 2.53 bits per heavy atom. The fraction of sp³-hybridized carbons (Fsp3) is 0.222. The first-order valence-electron chi connectivity index (χ1n) is 4.71. The second kappa shape index (κ2) is 5.11. The second-order valence-electron chi connectivity index (χ2n) is 3.28. The molecule has 0 saturated heterocycles. The van der Waals surface area contributed by atoms with Gasteiger partial charge in [-0.05, 0) is 39.6 Å². The normalized spacial score (nSPS) is 10.5. The van der Waals surface area contributed by atoms with Crippen LogP contribution in [0, 0.1) is 4.77 Å². The van der Waals surface area contributed by atoms with E-state index in [2.05, 4.69) is 31.4 Å². The lowest BCUT2D eigenvalue weighted by atomic mass is 10.4. The smallest absolute Gasteiger partial charge is 0.262 e. The van der Waals surface area contributed by atoms with Crippen LogP contribution >= 0.6 is 39.5 Å². The molecule has 2 aromatic heterocycles. The average Bonchev–Trinajstić information content (AvgIpc) is 2.85. The van der Waals surface area contributed by atoms with Crippen LogP contribution in [0.2, 0.25) is 0 Å². The van der Waals surface area contributed by atoms with Gasteiger partial charge in [-0.25, -0.2) is 0 Å². The lowest BCUT2D eigenvalue weighted by Crippen LogP contribution is -2.23. The number of carbonyl (C=O) groups is 1. The number of amides is 1. The van der Waals surface area contributed by atoms with Gasteiger partial charge in [-0.15, -0.1) is 11.3 Å². The maximum atomic E-state index is 11.8. The number of H-pyrrole nitrogens is 1. The quantitative estimate of drug-likeness (QED) is 0.847. The third-order valence-corrected chi connectivity index (χ3v) is 4.40. The van der Waals surface area contributed by atoms with Crippen LogP contribution in [0.25, 0.3) is 0 Å². The van der Waals surface area contributed by atoms with Crippen LogP contribution in [-0.4, -0.2) is 20.7 Å².